The van der Waals surface area contributed by atoms with Gasteiger partial charge < -0.3 is 20.5 Å². The lowest BCUT2D eigenvalue weighted by atomic mass is 10.0. The number of carbonyl (C=O) groups is 1. The van der Waals surface area contributed by atoms with Crippen LogP contribution < -0.4 is 15.8 Å². The Morgan fingerprint density at radius 3 is 2.90 bits per heavy atom. The van der Waals surface area contributed by atoms with Crippen LogP contribution in [0.5, 0.6) is 5.75 Å². The number of methoxy groups -OCH3 is 1. The van der Waals surface area contributed by atoms with E-state index in [9.17, 15) is 4.79 Å². The van der Waals surface area contributed by atoms with Gasteiger partial charge >= 0.3 is 0 Å². The van der Waals surface area contributed by atoms with Crippen LogP contribution in [0.2, 0.25) is 5.02 Å². The van der Waals surface area contributed by atoms with E-state index in [1.807, 2.05) is 6.92 Å². The molecule has 0 aliphatic heterocycles. The summed E-state index contributed by atoms with van der Waals surface area (Å²) in [6, 6.07) is 5.40. The lowest BCUT2D eigenvalue weighted by molar-refractivity contribution is -0.123. The third-order valence-corrected chi connectivity index (χ3v) is 3.41. The van der Waals surface area contributed by atoms with Gasteiger partial charge in [0.15, 0.2) is 6.61 Å². The minimum Gasteiger partial charge on any atom is -0.483 e. The summed E-state index contributed by atoms with van der Waals surface area (Å²) in [6.45, 7) is 2.89. The lowest BCUT2D eigenvalue weighted by Crippen LogP contribution is -2.31. The van der Waals surface area contributed by atoms with Gasteiger partial charge in [0.25, 0.3) is 5.91 Å². The molecule has 0 heterocycles. The summed E-state index contributed by atoms with van der Waals surface area (Å²) in [6.07, 6.45) is 1.47. The quantitative estimate of drug-likeness (QED) is 0.681. The molecule has 118 valence electrons. The minimum absolute atomic E-state index is 0.0165. The first kappa shape index (κ1) is 17.8. The van der Waals surface area contributed by atoms with Crippen molar-refractivity contribution in [1.82, 2.24) is 5.32 Å². The van der Waals surface area contributed by atoms with Crippen molar-refractivity contribution in [3.8, 4) is 5.75 Å². The van der Waals surface area contributed by atoms with E-state index in [0.717, 1.165) is 12.0 Å². The Balaban J connectivity index is 2.61. The zero-order valence-corrected chi connectivity index (χ0v) is 13.3. The number of hydrogen-bond acceptors (Lipinski definition) is 4. The van der Waals surface area contributed by atoms with Crippen molar-refractivity contribution in [2.75, 3.05) is 26.9 Å². The molecule has 0 radical (unpaired) electrons. The molecular weight excluding hydrogens is 292 g/mol. The van der Waals surface area contributed by atoms with Crippen LogP contribution >= 0.6 is 11.6 Å². The Bertz CT molecular complexity index is 455. The van der Waals surface area contributed by atoms with Gasteiger partial charge in [0.2, 0.25) is 0 Å². The van der Waals surface area contributed by atoms with Crippen molar-refractivity contribution in [2.45, 2.75) is 25.8 Å². The van der Waals surface area contributed by atoms with Crippen LogP contribution in [0.3, 0.4) is 0 Å². The highest BCUT2D eigenvalue weighted by molar-refractivity contribution is 6.31. The fourth-order valence-corrected chi connectivity index (χ4v) is 2.01. The number of carbonyl (C=O) groups excluding carboxylic acids is 1. The maximum Gasteiger partial charge on any atom is 0.258 e. The van der Waals surface area contributed by atoms with Crippen LogP contribution in [-0.4, -0.2) is 38.8 Å². The van der Waals surface area contributed by atoms with Crippen LogP contribution in [0, 0.1) is 0 Å². The summed E-state index contributed by atoms with van der Waals surface area (Å²) in [4.78, 5) is 11.6. The van der Waals surface area contributed by atoms with E-state index in [1.165, 1.54) is 0 Å². The number of nitrogens with one attached hydrogen (secondary N) is 1. The topological polar surface area (TPSA) is 73.6 Å². The first-order valence-corrected chi connectivity index (χ1v) is 7.37. The predicted octanol–water partition coefficient (Wildman–Crippen LogP) is 1.76. The minimum atomic E-state index is -0.197. The second-order valence-corrected chi connectivity index (χ2v) is 5.13. The van der Waals surface area contributed by atoms with Crippen LogP contribution in [-0.2, 0) is 16.0 Å². The largest absolute Gasteiger partial charge is 0.483 e. The Hall–Kier alpha value is -1.30. The average molecular weight is 315 g/mol. The molecule has 5 nitrogen and oxygen atoms in total. The Morgan fingerprint density at radius 1 is 1.48 bits per heavy atom. The number of nitrogens with two attached hydrogens (primary N) is 1. The summed E-state index contributed by atoms with van der Waals surface area (Å²) in [7, 11) is 1.58. The molecule has 1 amide bonds. The van der Waals surface area contributed by atoms with E-state index in [4.69, 9.17) is 26.8 Å². The molecule has 0 spiro atoms. The molecule has 0 aliphatic carbocycles. The molecule has 1 aromatic rings. The first-order chi connectivity index (χ1) is 10.1. The van der Waals surface area contributed by atoms with Crippen molar-refractivity contribution >= 4 is 17.5 Å². The summed E-state index contributed by atoms with van der Waals surface area (Å²) >= 11 is 6.20. The van der Waals surface area contributed by atoms with Crippen molar-refractivity contribution < 1.29 is 14.3 Å². The maximum absolute atomic E-state index is 11.6. The molecule has 0 aliphatic rings. The number of rotatable bonds is 9. The molecule has 1 unspecified atom stereocenters. The van der Waals surface area contributed by atoms with Gasteiger partial charge in [0.05, 0.1) is 6.61 Å². The van der Waals surface area contributed by atoms with Crippen LogP contribution in [0.1, 0.15) is 18.9 Å². The van der Waals surface area contributed by atoms with Crippen molar-refractivity contribution in [2.24, 2.45) is 5.73 Å². The second-order valence-electron chi connectivity index (χ2n) is 4.72. The monoisotopic (exact) mass is 314 g/mol. The number of amides is 1. The van der Waals surface area contributed by atoms with Crippen LogP contribution in [0.15, 0.2) is 18.2 Å². The molecule has 3 N–H and O–H groups in total. The number of ether oxygens (including phenoxy) is 2. The number of hydrogen-bond donors (Lipinski definition) is 2. The van der Waals surface area contributed by atoms with Gasteiger partial charge in [0.1, 0.15) is 5.75 Å². The molecular formula is C15H23ClN2O3. The first-order valence-electron chi connectivity index (χ1n) is 6.99. The zero-order valence-electron chi connectivity index (χ0n) is 12.5. The smallest absolute Gasteiger partial charge is 0.258 e. The van der Waals surface area contributed by atoms with Gasteiger partial charge in [-0.2, -0.15) is 0 Å². The Morgan fingerprint density at radius 2 is 2.24 bits per heavy atom. The average Bonchev–Trinajstić information content (AvgIpc) is 2.48. The molecule has 0 aromatic heterocycles. The van der Waals surface area contributed by atoms with Gasteiger partial charge in [-0.05, 0) is 25.0 Å². The fraction of sp³-hybridized carbons (Fsp3) is 0.533. The number of benzene rings is 1. The Labute approximate surface area is 130 Å². The molecule has 1 aromatic carbocycles. The van der Waals surface area contributed by atoms with E-state index >= 15 is 0 Å². The van der Waals surface area contributed by atoms with Crippen LogP contribution in [0.4, 0.5) is 0 Å². The molecule has 0 bridgehead atoms. The molecule has 1 atom stereocenters. The Kier molecular flexibility index (Phi) is 8.12. The standard InChI is InChI=1S/C15H23ClN2O3/c1-3-11(17)9-12-13(16)5-4-6-14(12)21-10-15(19)18-7-8-20-2/h4-6,11H,3,7-10,17H2,1-2H3,(H,18,19). The van der Waals surface area contributed by atoms with Gasteiger partial charge in [-0.25, -0.2) is 0 Å². The van der Waals surface area contributed by atoms with Gasteiger partial charge in [-0.1, -0.05) is 24.6 Å². The SMILES string of the molecule is CCC(N)Cc1c(Cl)cccc1OCC(=O)NCCOC. The lowest BCUT2D eigenvalue weighted by Gasteiger charge is -2.15. The molecule has 1 rings (SSSR count). The van der Waals surface area contributed by atoms with E-state index in [2.05, 4.69) is 5.32 Å². The van der Waals surface area contributed by atoms with Crippen molar-refractivity contribution in [1.29, 1.82) is 0 Å². The van der Waals surface area contributed by atoms with Crippen molar-refractivity contribution in [3.05, 3.63) is 28.8 Å². The van der Waals surface area contributed by atoms with Gasteiger partial charge in [-0.15, -0.1) is 0 Å². The summed E-state index contributed by atoms with van der Waals surface area (Å²) in [5.41, 5.74) is 6.82. The molecule has 21 heavy (non-hydrogen) atoms. The summed E-state index contributed by atoms with van der Waals surface area (Å²) in [5, 5.41) is 3.30. The summed E-state index contributed by atoms with van der Waals surface area (Å²) in [5.74, 6) is 0.408. The zero-order chi connectivity index (χ0) is 15.7. The third kappa shape index (κ3) is 6.33. The molecule has 0 saturated carbocycles. The number of halogens is 1. The fourth-order valence-electron chi connectivity index (χ4n) is 1.77. The second kappa shape index (κ2) is 9.60. The maximum atomic E-state index is 11.6. The highest BCUT2D eigenvalue weighted by Crippen LogP contribution is 2.27. The van der Waals surface area contributed by atoms with E-state index in [0.29, 0.717) is 30.3 Å². The predicted molar refractivity (Wildman–Crippen MR) is 83.8 cm³/mol. The van der Waals surface area contributed by atoms with Crippen molar-refractivity contribution in [3.63, 3.8) is 0 Å². The van der Waals surface area contributed by atoms with Crippen LogP contribution in [0.25, 0.3) is 0 Å². The van der Waals surface area contributed by atoms with Gasteiger partial charge in [-0.3, -0.25) is 4.79 Å². The summed E-state index contributed by atoms with van der Waals surface area (Å²) < 4.78 is 10.4. The molecule has 6 heteroatoms. The molecule has 0 saturated heterocycles. The van der Waals surface area contributed by atoms with E-state index in [1.54, 1.807) is 25.3 Å². The highest BCUT2D eigenvalue weighted by Gasteiger charge is 2.13. The normalized spacial score (nSPS) is 12.0. The third-order valence-electron chi connectivity index (χ3n) is 3.05. The van der Waals surface area contributed by atoms with E-state index < -0.39 is 0 Å². The highest BCUT2D eigenvalue weighted by atomic mass is 35.5. The van der Waals surface area contributed by atoms with Gasteiger partial charge in [0, 0.05) is 30.3 Å². The van der Waals surface area contributed by atoms with E-state index in [-0.39, 0.29) is 18.6 Å². The molecule has 0 fully saturated rings.